The van der Waals surface area contributed by atoms with Crippen LogP contribution in [0.25, 0.3) is 0 Å². The van der Waals surface area contributed by atoms with Crippen molar-refractivity contribution >= 4 is 42.1 Å². The summed E-state index contributed by atoms with van der Waals surface area (Å²) in [7, 11) is 0.929. The van der Waals surface area contributed by atoms with E-state index in [1.807, 2.05) is 84.6 Å². The molecule has 3 N–H and O–H groups in total. The third kappa shape index (κ3) is 7.41. The number of unbranched alkanes of at least 4 members (excludes halogenated alkanes) is 1. The SMILES string of the molecule is CCOc1ccc2c(c1)CC(NCCCCO)C(=O)N2c1cccc(CN2C(=O)[C@@]3(O[C@@H](CCO)[C@H]([Si](C)(C)c4ccc(OC)cc4)[C@H]3C)c3cc(OC)ccc32)c1. The number of nitrogens with one attached hydrogen (secondary N) is 1. The van der Waals surface area contributed by atoms with Crippen LogP contribution in [-0.4, -0.2) is 82.8 Å². The molecule has 0 aliphatic carbocycles. The molecule has 0 radical (unpaired) electrons. The Labute approximate surface area is 342 Å². The second-order valence-corrected chi connectivity index (χ2v) is 20.8. The van der Waals surface area contributed by atoms with Crippen LogP contribution in [0.5, 0.6) is 17.2 Å². The molecule has 4 aromatic rings. The molecule has 11 nitrogen and oxygen atoms in total. The maximum Gasteiger partial charge on any atom is 0.264 e. The molecule has 1 unspecified atom stereocenters. The van der Waals surface area contributed by atoms with Crippen molar-refractivity contribution in [2.24, 2.45) is 5.92 Å². The average Bonchev–Trinajstić information content (AvgIpc) is 3.65. The Bertz CT molecular complexity index is 2110. The van der Waals surface area contributed by atoms with E-state index in [9.17, 15) is 15.0 Å². The summed E-state index contributed by atoms with van der Waals surface area (Å²) in [5, 5.41) is 24.3. The van der Waals surface area contributed by atoms with Crippen molar-refractivity contribution < 1.29 is 38.7 Å². The lowest BCUT2D eigenvalue weighted by Crippen LogP contribution is -2.51. The monoisotopic (exact) mass is 807 g/mol. The Morgan fingerprint density at radius 3 is 2.31 bits per heavy atom. The Morgan fingerprint density at radius 1 is 0.879 bits per heavy atom. The predicted octanol–water partition coefficient (Wildman–Crippen LogP) is 6.20. The van der Waals surface area contributed by atoms with Gasteiger partial charge in [0.1, 0.15) is 17.2 Å². The number of aliphatic hydroxyl groups excluding tert-OH is 2. The minimum Gasteiger partial charge on any atom is -0.497 e. The number of rotatable bonds is 16. The molecule has 5 atom stereocenters. The topological polar surface area (TPSA) is 130 Å². The maximum absolute atomic E-state index is 15.3. The van der Waals surface area contributed by atoms with Crippen LogP contribution in [0.3, 0.4) is 0 Å². The summed E-state index contributed by atoms with van der Waals surface area (Å²) in [5.41, 5.74) is 3.57. The fourth-order valence-corrected chi connectivity index (χ4v) is 13.7. The van der Waals surface area contributed by atoms with Crippen LogP contribution in [0.4, 0.5) is 17.1 Å². The molecular formula is C46H57N3O8Si. The van der Waals surface area contributed by atoms with Gasteiger partial charge in [0.25, 0.3) is 5.91 Å². The van der Waals surface area contributed by atoms with Crippen molar-refractivity contribution in [1.82, 2.24) is 5.32 Å². The van der Waals surface area contributed by atoms with Gasteiger partial charge in [0.2, 0.25) is 5.91 Å². The molecule has 0 bridgehead atoms. The molecule has 3 aliphatic rings. The van der Waals surface area contributed by atoms with E-state index in [1.54, 1.807) is 19.1 Å². The number of nitrogens with zero attached hydrogens (tertiary/aromatic N) is 2. The molecule has 0 aromatic heterocycles. The van der Waals surface area contributed by atoms with Crippen LogP contribution in [0.1, 0.15) is 49.8 Å². The number of benzene rings is 4. The Hall–Kier alpha value is -4.72. The van der Waals surface area contributed by atoms with E-state index >= 15 is 4.79 Å². The van der Waals surface area contributed by atoms with Gasteiger partial charge in [-0.15, -0.1) is 0 Å². The standard InChI is InChI=1S/C46H57N3O8Si/c1-7-56-36-16-19-40-32(26-36)27-39(47-22-8-9-23-50)44(52)49(40)33-12-10-11-31(25-33)29-48-41-20-15-35(55-4)28-38(41)46(45(48)53)30(2)43(42(57-46)21-24-51)58(5,6)37-17-13-34(54-3)14-18-37/h10-20,25-26,28,30,39,42-43,47,50-51H,7-9,21-24,27,29H2,1-6H3/t30-,39?,42+,43-,46+/m1/s1. The van der Waals surface area contributed by atoms with Gasteiger partial charge in [0.05, 0.1) is 59.0 Å². The molecule has 7 rings (SSSR count). The molecule has 1 saturated heterocycles. The number of fused-ring (bicyclic) bond motifs is 3. The number of amides is 2. The lowest BCUT2D eigenvalue weighted by Gasteiger charge is -2.37. The van der Waals surface area contributed by atoms with Crippen molar-refractivity contribution in [3.05, 3.63) is 102 Å². The Kier molecular flexibility index (Phi) is 12.3. The van der Waals surface area contributed by atoms with E-state index in [4.69, 9.17) is 18.9 Å². The number of ether oxygens (including phenoxy) is 4. The lowest BCUT2D eigenvalue weighted by molar-refractivity contribution is -0.146. The minimum absolute atomic E-state index is 0.00190. The van der Waals surface area contributed by atoms with Crippen LogP contribution in [0, 0.1) is 5.92 Å². The summed E-state index contributed by atoms with van der Waals surface area (Å²) in [6.07, 6.45) is 1.99. The summed E-state index contributed by atoms with van der Waals surface area (Å²) >= 11 is 0. The quantitative estimate of drug-likeness (QED) is 0.0896. The number of methoxy groups -OCH3 is 2. The molecule has 0 saturated carbocycles. The van der Waals surface area contributed by atoms with Crippen LogP contribution in [0.15, 0.2) is 84.9 Å². The van der Waals surface area contributed by atoms with Crippen molar-refractivity contribution in [2.45, 2.75) is 82.5 Å². The summed E-state index contributed by atoms with van der Waals surface area (Å²) in [5.74, 6) is 1.73. The first-order chi connectivity index (χ1) is 28.0. The fraction of sp³-hybridized carbons (Fsp3) is 0.435. The van der Waals surface area contributed by atoms with Gasteiger partial charge in [-0.25, -0.2) is 0 Å². The maximum atomic E-state index is 15.3. The number of carbonyl (C=O) groups excluding carboxylic acids is 2. The number of carbonyl (C=O) groups is 2. The van der Waals surface area contributed by atoms with E-state index in [2.05, 4.69) is 37.5 Å². The first kappa shape index (κ1) is 41.4. The van der Waals surface area contributed by atoms with E-state index in [1.165, 1.54) is 5.19 Å². The number of aliphatic hydroxyl groups is 2. The highest BCUT2D eigenvalue weighted by Crippen LogP contribution is 2.60. The molecule has 1 spiro atoms. The predicted molar refractivity (Wildman–Crippen MR) is 228 cm³/mol. The minimum atomic E-state index is -2.35. The summed E-state index contributed by atoms with van der Waals surface area (Å²) in [4.78, 5) is 33.2. The normalized spacial score (nSPS) is 22.7. The van der Waals surface area contributed by atoms with Gasteiger partial charge in [-0.3, -0.25) is 14.5 Å². The summed E-state index contributed by atoms with van der Waals surface area (Å²) in [6, 6.07) is 27.2. The molecule has 4 aromatic carbocycles. The summed E-state index contributed by atoms with van der Waals surface area (Å²) in [6.45, 7) is 10.2. The third-order valence-corrected chi connectivity index (χ3v) is 16.8. The fourth-order valence-electron chi connectivity index (χ4n) is 9.67. The molecule has 58 heavy (non-hydrogen) atoms. The first-order valence-electron chi connectivity index (χ1n) is 20.5. The van der Waals surface area contributed by atoms with E-state index in [0.717, 1.165) is 46.0 Å². The zero-order chi connectivity index (χ0) is 41.2. The van der Waals surface area contributed by atoms with Gasteiger partial charge in [-0.2, -0.15) is 0 Å². The number of anilines is 3. The second kappa shape index (κ2) is 17.2. The van der Waals surface area contributed by atoms with E-state index in [-0.39, 0.29) is 49.1 Å². The van der Waals surface area contributed by atoms with Crippen LogP contribution in [0.2, 0.25) is 18.6 Å². The molecule has 3 aliphatic heterocycles. The van der Waals surface area contributed by atoms with Crippen molar-refractivity contribution in [3.63, 3.8) is 0 Å². The smallest absolute Gasteiger partial charge is 0.264 e. The number of hydrogen-bond donors (Lipinski definition) is 3. The van der Waals surface area contributed by atoms with Crippen molar-refractivity contribution in [1.29, 1.82) is 0 Å². The molecule has 12 heteroatoms. The molecule has 2 amide bonds. The van der Waals surface area contributed by atoms with Crippen LogP contribution >= 0.6 is 0 Å². The van der Waals surface area contributed by atoms with Crippen molar-refractivity contribution in [3.8, 4) is 17.2 Å². The van der Waals surface area contributed by atoms with Gasteiger partial charge in [-0.05, 0) is 116 Å². The zero-order valence-electron chi connectivity index (χ0n) is 34.5. The van der Waals surface area contributed by atoms with Gasteiger partial charge >= 0.3 is 0 Å². The first-order valence-corrected chi connectivity index (χ1v) is 23.6. The van der Waals surface area contributed by atoms with E-state index in [0.29, 0.717) is 43.9 Å². The highest BCUT2D eigenvalue weighted by Gasteiger charge is 2.66. The highest BCUT2D eigenvalue weighted by molar-refractivity contribution is 6.91. The Morgan fingerprint density at radius 2 is 1.60 bits per heavy atom. The lowest BCUT2D eigenvalue weighted by atomic mass is 9.82. The van der Waals surface area contributed by atoms with Gasteiger partial charge in [-0.1, -0.05) is 49.5 Å². The second-order valence-electron chi connectivity index (χ2n) is 16.2. The van der Waals surface area contributed by atoms with Gasteiger partial charge < -0.3 is 39.4 Å². The molecular weight excluding hydrogens is 751 g/mol. The molecule has 1 fully saturated rings. The Balaban J connectivity index is 1.24. The molecule has 3 heterocycles. The average molecular weight is 808 g/mol. The van der Waals surface area contributed by atoms with Crippen LogP contribution < -0.4 is 34.5 Å². The van der Waals surface area contributed by atoms with E-state index < -0.39 is 19.7 Å². The zero-order valence-corrected chi connectivity index (χ0v) is 35.5. The largest absolute Gasteiger partial charge is 0.497 e. The number of hydrogen-bond acceptors (Lipinski definition) is 9. The van der Waals surface area contributed by atoms with Crippen LogP contribution in [-0.2, 0) is 32.9 Å². The summed E-state index contributed by atoms with van der Waals surface area (Å²) < 4.78 is 24.1. The van der Waals surface area contributed by atoms with Gasteiger partial charge in [0.15, 0.2) is 5.60 Å². The van der Waals surface area contributed by atoms with Gasteiger partial charge in [0, 0.05) is 30.4 Å². The third-order valence-electron chi connectivity index (χ3n) is 12.5. The van der Waals surface area contributed by atoms with Crippen molar-refractivity contribution in [2.75, 3.05) is 50.4 Å². The molecule has 308 valence electrons. The highest BCUT2D eigenvalue weighted by atomic mass is 28.3.